The predicted octanol–water partition coefficient (Wildman–Crippen LogP) is 5.47. The lowest BCUT2D eigenvalue weighted by atomic mass is 10.2. The third kappa shape index (κ3) is 4.11. The molecule has 0 aliphatic carbocycles. The van der Waals surface area contributed by atoms with Crippen LogP contribution in [-0.2, 0) is 6.42 Å². The van der Waals surface area contributed by atoms with Gasteiger partial charge < -0.3 is 10.1 Å². The average Bonchev–Trinajstić information content (AvgIpc) is 3.08. The fourth-order valence-electron chi connectivity index (χ4n) is 3.14. The summed E-state index contributed by atoms with van der Waals surface area (Å²) in [6, 6.07) is 19.5. The number of rotatable bonds is 6. The quantitative estimate of drug-likeness (QED) is 0.476. The Kier molecular flexibility index (Phi) is 5.24. The molecule has 0 radical (unpaired) electrons. The number of aromatic nitrogens is 2. The number of ether oxygens (including phenoxy) is 1. The lowest BCUT2D eigenvalue weighted by molar-refractivity contribution is 0.102. The molecule has 6 heteroatoms. The summed E-state index contributed by atoms with van der Waals surface area (Å²) >= 11 is 0. The van der Waals surface area contributed by atoms with E-state index >= 15 is 0 Å². The van der Waals surface area contributed by atoms with Crippen LogP contribution in [0, 0.1) is 5.82 Å². The highest BCUT2D eigenvalue weighted by Gasteiger charge is 2.19. The van der Waals surface area contributed by atoms with Crippen LogP contribution in [0.4, 0.5) is 10.1 Å². The van der Waals surface area contributed by atoms with Crippen molar-refractivity contribution in [2.75, 3.05) is 5.32 Å². The molecule has 0 saturated carbocycles. The summed E-state index contributed by atoms with van der Waals surface area (Å²) in [5, 5.41) is 2.87. The van der Waals surface area contributed by atoms with E-state index in [9.17, 15) is 9.18 Å². The van der Waals surface area contributed by atoms with Gasteiger partial charge in [0.25, 0.3) is 5.91 Å². The normalized spacial score (nSPS) is 10.8. The summed E-state index contributed by atoms with van der Waals surface area (Å²) in [7, 11) is 0. The van der Waals surface area contributed by atoms with Gasteiger partial charge >= 0.3 is 0 Å². The zero-order valence-electron chi connectivity index (χ0n) is 15.9. The summed E-state index contributed by atoms with van der Waals surface area (Å²) in [4.78, 5) is 17.4. The number of amides is 1. The van der Waals surface area contributed by atoms with Crippen molar-refractivity contribution < 1.29 is 13.9 Å². The van der Waals surface area contributed by atoms with Crippen LogP contribution in [0.2, 0.25) is 0 Å². The van der Waals surface area contributed by atoms with Gasteiger partial charge in [-0.1, -0.05) is 31.5 Å². The molecule has 0 bridgehead atoms. The van der Waals surface area contributed by atoms with Crippen LogP contribution in [-0.4, -0.2) is 15.3 Å². The lowest BCUT2D eigenvalue weighted by Crippen LogP contribution is -2.16. The topological polar surface area (TPSA) is 55.6 Å². The molecule has 5 nitrogen and oxygen atoms in total. The van der Waals surface area contributed by atoms with Gasteiger partial charge in [0, 0.05) is 11.9 Å². The second kappa shape index (κ2) is 8.14. The maximum atomic E-state index is 13.7. The Labute approximate surface area is 167 Å². The predicted molar refractivity (Wildman–Crippen MR) is 110 cm³/mol. The number of nitrogens with one attached hydrogen (secondary N) is 1. The summed E-state index contributed by atoms with van der Waals surface area (Å²) in [6.45, 7) is 2.01. The van der Waals surface area contributed by atoms with E-state index in [1.54, 1.807) is 30.3 Å². The Bertz CT molecular complexity index is 1140. The van der Waals surface area contributed by atoms with Gasteiger partial charge in [-0.05, 0) is 55.0 Å². The number of carbonyl (C=O) groups is 1. The van der Waals surface area contributed by atoms with Crippen LogP contribution in [0.5, 0.6) is 11.5 Å². The van der Waals surface area contributed by atoms with Gasteiger partial charge in [0.05, 0.1) is 5.69 Å². The molecule has 4 rings (SSSR count). The Balaban J connectivity index is 1.56. The van der Waals surface area contributed by atoms with Crippen LogP contribution in [0.3, 0.4) is 0 Å². The van der Waals surface area contributed by atoms with E-state index in [4.69, 9.17) is 4.74 Å². The van der Waals surface area contributed by atoms with E-state index in [1.165, 1.54) is 16.7 Å². The third-order valence-electron chi connectivity index (χ3n) is 4.45. The number of para-hydroxylation sites is 1. The first kappa shape index (κ1) is 18.7. The van der Waals surface area contributed by atoms with Gasteiger partial charge in [0.1, 0.15) is 28.7 Å². The molecule has 2 aromatic heterocycles. The largest absolute Gasteiger partial charge is 0.457 e. The van der Waals surface area contributed by atoms with E-state index in [2.05, 4.69) is 10.3 Å². The molecule has 4 aromatic rings. The number of hydrogen-bond donors (Lipinski definition) is 1. The maximum Gasteiger partial charge on any atom is 0.274 e. The minimum Gasteiger partial charge on any atom is -0.457 e. The van der Waals surface area contributed by atoms with Crippen molar-refractivity contribution in [3.63, 3.8) is 0 Å². The smallest absolute Gasteiger partial charge is 0.274 e. The van der Waals surface area contributed by atoms with Crippen LogP contribution in [0.25, 0.3) is 5.65 Å². The first-order chi connectivity index (χ1) is 14.1. The fourth-order valence-corrected chi connectivity index (χ4v) is 3.14. The van der Waals surface area contributed by atoms with Gasteiger partial charge in [-0.3, -0.25) is 9.20 Å². The molecule has 29 heavy (non-hydrogen) atoms. The van der Waals surface area contributed by atoms with Gasteiger partial charge in [-0.15, -0.1) is 0 Å². The highest BCUT2D eigenvalue weighted by atomic mass is 19.1. The monoisotopic (exact) mass is 389 g/mol. The summed E-state index contributed by atoms with van der Waals surface area (Å²) in [5.74, 6) is 0.650. The van der Waals surface area contributed by atoms with Gasteiger partial charge in [-0.25, -0.2) is 9.37 Å². The van der Waals surface area contributed by atoms with Crippen molar-refractivity contribution in [2.45, 2.75) is 19.8 Å². The summed E-state index contributed by atoms with van der Waals surface area (Å²) in [6.07, 6.45) is 2.75. The molecule has 0 saturated heterocycles. The third-order valence-corrected chi connectivity index (χ3v) is 4.45. The van der Waals surface area contributed by atoms with Crippen LogP contribution >= 0.6 is 0 Å². The van der Waals surface area contributed by atoms with Crippen molar-refractivity contribution in [3.05, 3.63) is 90.1 Å². The number of halogens is 1. The summed E-state index contributed by atoms with van der Waals surface area (Å²) in [5.41, 5.74) is 2.17. The molecule has 0 spiro atoms. The Morgan fingerprint density at radius 3 is 2.48 bits per heavy atom. The van der Waals surface area contributed by atoms with Gasteiger partial charge in [0.15, 0.2) is 0 Å². The Morgan fingerprint density at radius 1 is 1.03 bits per heavy atom. The highest BCUT2D eigenvalue weighted by molar-refractivity contribution is 6.04. The van der Waals surface area contributed by atoms with E-state index < -0.39 is 5.82 Å². The number of imidazole rings is 1. The zero-order valence-corrected chi connectivity index (χ0v) is 15.9. The number of nitrogens with zero attached hydrogens (tertiary/aromatic N) is 2. The molecule has 2 heterocycles. The second-order valence-electron chi connectivity index (χ2n) is 6.63. The molecule has 0 fully saturated rings. The molecule has 0 unspecified atom stereocenters. The fraction of sp³-hybridized carbons (Fsp3) is 0.130. The number of anilines is 1. The molecule has 0 aliphatic rings. The minimum atomic E-state index is -0.422. The summed E-state index contributed by atoms with van der Waals surface area (Å²) < 4.78 is 21.0. The lowest BCUT2D eigenvalue weighted by Gasteiger charge is -2.09. The van der Waals surface area contributed by atoms with Crippen LogP contribution in [0.15, 0.2) is 72.9 Å². The minimum absolute atomic E-state index is 0.330. The molecule has 146 valence electrons. The second-order valence-corrected chi connectivity index (χ2v) is 6.63. The highest BCUT2D eigenvalue weighted by Crippen LogP contribution is 2.23. The number of fused-ring (bicyclic) bond motifs is 1. The molecule has 1 amide bonds. The zero-order chi connectivity index (χ0) is 20.2. The number of aryl methyl sites for hydroxylation is 1. The molecule has 1 N–H and O–H groups in total. The molecular weight excluding hydrogens is 369 g/mol. The van der Waals surface area contributed by atoms with Crippen molar-refractivity contribution in [1.82, 2.24) is 9.38 Å². The first-order valence-electron chi connectivity index (χ1n) is 9.45. The van der Waals surface area contributed by atoms with Crippen molar-refractivity contribution in [1.29, 1.82) is 0 Å². The van der Waals surface area contributed by atoms with E-state index in [-0.39, 0.29) is 5.91 Å². The van der Waals surface area contributed by atoms with Crippen molar-refractivity contribution >= 4 is 17.2 Å². The van der Waals surface area contributed by atoms with Crippen molar-refractivity contribution in [3.8, 4) is 11.5 Å². The number of carbonyl (C=O) groups excluding carboxylic acids is 1. The van der Waals surface area contributed by atoms with Gasteiger partial charge in [-0.2, -0.15) is 0 Å². The number of hydrogen-bond acceptors (Lipinski definition) is 3. The number of benzene rings is 2. The van der Waals surface area contributed by atoms with Gasteiger partial charge in [0.2, 0.25) is 0 Å². The van der Waals surface area contributed by atoms with Crippen LogP contribution in [0.1, 0.15) is 29.5 Å². The maximum absolute atomic E-state index is 13.7. The molecule has 2 aromatic carbocycles. The Hall–Kier alpha value is -3.67. The van der Waals surface area contributed by atoms with E-state index in [0.29, 0.717) is 34.9 Å². The molecular formula is C23H20FN3O2. The average molecular weight is 389 g/mol. The first-order valence-corrected chi connectivity index (χ1v) is 9.45. The molecule has 0 atom stereocenters. The van der Waals surface area contributed by atoms with Crippen molar-refractivity contribution in [2.24, 2.45) is 0 Å². The number of pyridine rings is 1. The van der Waals surface area contributed by atoms with E-state index in [1.807, 2.05) is 37.3 Å². The standard InChI is InChI=1S/C23H20FN3O2/c1-2-6-20-22(27-15-16(24)9-14-21(27)26-20)23(28)25-17-10-12-19(13-11-17)29-18-7-4-3-5-8-18/h3-5,7-15H,2,6H2,1H3,(H,25,28). The van der Waals surface area contributed by atoms with E-state index in [0.717, 1.165) is 12.2 Å². The molecule has 0 aliphatic heterocycles. The Morgan fingerprint density at radius 2 is 1.76 bits per heavy atom. The SMILES string of the molecule is CCCc1nc2ccc(F)cn2c1C(=O)Nc1ccc(Oc2ccccc2)cc1. The van der Waals surface area contributed by atoms with Crippen LogP contribution < -0.4 is 10.1 Å².